The summed E-state index contributed by atoms with van der Waals surface area (Å²) in [6.45, 7) is 7.84. The molecule has 0 aliphatic heterocycles. The van der Waals surface area contributed by atoms with Crippen LogP contribution in [0, 0.1) is 5.41 Å². The first-order chi connectivity index (χ1) is 6.97. The number of hydrogen-bond donors (Lipinski definition) is 1. The maximum Gasteiger partial charge on any atom is 0.309 e. The van der Waals surface area contributed by atoms with Gasteiger partial charge in [0, 0.05) is 6.04 Å². The van der Waals surface area contributed by atoms with E-state index in [9.17, 15) is 4.79 Å². The lowest BCUT2D eigenvalue weighted by Crippen LogP contribution is -2.33. The molecule has 0 aromatic rings. The van der Waals surface area contributed by atoms with Gasteiger partial charge in [0.1, 0.15) is 0 Å². The summed E-state index contributed by atoms with van der Waals surface area (Å²) < 4.78 is 0. The standard InChI is InChI=1S/C12H23NO2/c1-4-8-13(10-5-6-10)9-7-12(2,3)11(14)15/h10H,4-9H2,1-3H3,(H,14,15). The van der Waals surface area contributed by atoms with Crippen LogP contribution in [-0.2, 0) is 4.79 Å². The lowest BCUT2D eigenvalue weighted by molar-refractivity contribution is -0.147. The monoisotopic (exact) mass is 213 g/mol. The zero-order chi connectivity index (χ0) is 11.5. The molecule has 0 spiro atoms. The Morgan fingerprint density at radius 2 is 2.00 bits per heavy atom. The number of aliphatic carboxylic acids is 1. The zero-order valence-corrected chi connectivity index (χ0v) is 10.1. The molecule has 3 nitrogen and oxygen atoms in total. The molecule has 0 bridgehead atoms. The minimum atomic E-state index is -0.685. The van der Waals surface area contributed by atoms with Gasteiger partial charge in [-0.2, -0.15) is 0 Å². The third kappa shape index (κ3) is 3.82. The van der Waals surface area contributed by atoms with Crippen molar-refractivity contribution in [3.63, 3.8) is 0 Å². The smallest absolute Gasteiger partial charge is 0.309 e. The van der Waals surface area contributed by atoms with Gasteiger partial charge in [-0.15, -0.1) is 0 Å². The second-order valence-electron chi connectivity index (χ2n) is 5.21. The van der Waals surface area contributed by atoms with Gasteiger partial charge < -0.3 is 10.0 Å². The van der Waals surface area contributed by atoms with Gasteiger partial charge in [-0.05, 0) is 52.6 Å². The number of carboxylic acids is 1. The quantitative estimate of drug-likeness (QED) is 0.705. The number of carbonyl (C=O) groups is 1. The Hall–Kier alpha value is -0.570. The highest BCUT2D eigenvalue weighted by atomic mass is 16.4. The molecule has 0 amide bonds. The van der Waals surface area contributed by atoms with Gasteiger partial charge in [0.25, 0.3) is 0 Å². The molecule has 0 saturated heterocycles. The van der Waals surface area contributed by atoms with Crippen LogP contribution in [0.3, 0.4) is 0 Å². The Kier molecular flexibility index (Phi) is 4.14. The zero-order valence-electron chi connectivity index (χ0n) is 10.1. The van der Waals surface area contributed by atoms with Gasteiger partial charge in [-0.3, -0.25) is 4.79 Å². The Balaban J connectivity index is 2.35. The number of rotatable bonds is 7. The van der Waals surface area contributed by atoms with Crippen LogP contribution in [0.25, 0.3) is 0 Å². The molecule has 3 heteroatoms. The summed E-state index contributed by atoms with van der Waals surface area (Å²) in [5.74, 6) is -0.685. The van der Waals surface area contributed by atoms with Crippen molar-refractivity contribution in [2.45, 2.75) is 52.5 Å². The van der Waals surface area contributed by atoms with Crippen molar-refractivity contribution in [1.29, 1.82) is 0 Å². The van der Waals surface area contributed by atoms with Gasteiger partial charge in [0.05, 0.1) is 5.41 Å². The number of nitrogens with zero attached hydrogens (tertiary/aromatic N) is 1. The molecule has 0 heterocycles. The van der Waals surface area contributed by atoms with Crippen molar-refractivity contribution in [3.05, 3.63) is 0 Å². The van der Waals surface area contributed by atoms with E-state index in [1.165, 1.54) is 12.8 Å². The maximum absolute atomic E-state index is 11.0. The van der Waals surface area contributed by atoms with Crippen LogP contribution in [0.2, 0.25) is 0 Å². The predicted molar refractivity (Wildman–Crippen MR) is 60.9 cm³/mol. The van der Waals surface area contributed by atoms with Crippen LogP contribution < -0.4 is 0 Å². The fourth-order valence-electron chi connectivity index (χ4n) is 1.73. The van der Waals surface area contributed by atoms with Gasteiger partial charge in [-0.25, -0.2) is 0 Å². The minimum absolute atomic E-state index is 0.582. The summed E-state index contributed by atoms with van der Waals surface area (Å²) >= 11 is 0. The highest BCUT2D eigenvalue weighted by Crippen LogP contribution is 2.29. The van der Waals surface area contributed by atoms with Crippen LogP contribution >= 0.6 is 0 Å². The molecule has 15 heavy (non-hydrogen) atoms. The molecule has 1 saturated carbocycles. The first kappa shape index (κ1) is 12.5. The summed E-state index contributed by atoms with van der Waals surface area (Å²) in [6.07, 6.45) is 4.50. The molecule has 1 fully saturated rings. The molecule has 88 valence electrons. The van der Waals surface area contributed by atoms with E-state index < -0.39 is 11.4 Å². The lowest BCUT2D eigenvalue weighted by atomic mass is 9.89. The first-order valence-electron chi connectivity index (χ1n) is 5.95. The van der Waals surface area contributed by atoms with Crippen molar-refractivity contribution < 1.29 is 9.90 Å². The first-order valence-corrected chi connectivity index (χ1v) is 5.95. The van der Waals surface area contributed by atoms with Gasteiger partial charge in [0.2, 0.25) is 0 Å². The molecule has 1 N–H and O–H groups in total. The van der Waals surface area contributed by atoms with Crippen molar-refractivity contribution >= 4 is 5.97 Å². The van der Waals surface area contributed by atoms with Crippen molar-refractivity contribution in [1.82, 2.24) is 4.90 Å². The van der Waals surface area contributed by atoms with Gasteiger partial charge >= 0.3 is 5.97 Å². The molecule has 0 unspecified atom stereocenters. The largest absolute Gasteiger partial charge is 0.481 e. The van der Waals surface area contributed by atoms with Crippen LogP contribution in [-0.4, -0.2) is 35.1 Å². The van der Waals surface area contributed by atoms with E-state index in [4.69, 9.17) is 5.11 Å². The second-order valence-corrected chi connectivity index (χ2v) is 5.21. The Bertz CT molecular complexity index is 222. The van der Waals surface area contributed by atoms with E-state index in [1.54, 1.807) is 0 Å². The minimum Gasteiger partial charge on any atom is -0.481 e. The average molecular weight is 213 g/mol. The average Bonchev–Trinajstić information content (AvgIpc) is 2.95. The second kappa shape index (κ2) is 4.97. The van der Waals surface area contributed by atoms with Crippen LogP contribution in [0.5, 0.6) is 0 Å². The maximum atomic E-state index is 11.0. The Morgan fingerprint density at radius 1 is 1.40 bits per heavy atom. The van der Waals surface area contributed by atoms with Crippen molar-refractivity contribution in [3.8, 4) is 0 Å². The fraction of sp³-hybridized carbons (Fsp3) is 0.917. The summed E-state index contributed by atoms with van der Waals surface area (Å²) in [7, 11) is 0. The summed E-state index contributed by atoms with van der Waals surface area (Å²) in [5.41, 5.74) is -0.582. The van der Waals surface area contributed by atoms with Gasteiger partial charge in [-0.1, -0.05) is 6.92 Å². The number of carboxylic acid groups (broad SMARTS) is 1. The lowest BCUT2D eigenvalue weighted by Gasteiger charge is -2.26. The topological polar surface area (TPSA) is 40.5 Å². The van der Waals surface area contributed by atoms with E-state index in [0.717, 1.165) is 32.0 Å². The van der Waals surface area contributed by atoms with E-state index >= 15 is 0 Å². The molecule has 1 aliphatic carbocycles. The highest BCUT2D eigenvalue weighted by molar-refractivity contribution is 5.73. The number of hydrogen-bond acceptors (Lipinski definition) is 2. The summed E-state index contributed by atoms with van der Waals surface area (Å²) in [4.78, 5) is 13.4. The molecule has 0 aromatic carbocycles. The van der Waals surface area contributed by atoms with Crippen molar-refractivity contribution in [2.75, 3.05) is 13.1 Å². The van der Waals surface area contributed by atoms with E-state index in [-0.39, 0.29) is 0 Å². The summed E-state index contributed by atoms with van der Waals surface area (Å²) in [5, 5.41) is 9.02. The molecule has 0 atom stereocenters. The molecule has 1 aliphatic rings. The molecule has 0 aromatic heterocycles. The van der Waals surface area contributed by atoms with Gasteiger partial charge in [0.15, 0.2) is 0 Å². The summed E-state index contributed by atoms with van der Waals surface area (Å²) in [6, 6.07) is 0.745. The van der Waals surface area contributed by atoms with Crippen LogP contribution in [0.1, 0.15) is 46.5 Å². The molecular weight excluding hydrogens is 190 g/mol. The van der Waals surface area contributed by atoms with E-state index in [2.05, 4.69) is 11.8 Å². The highest BCUT2D eigenvalue weighted by Gasteiger charge is 2.32. The van der Waals surface area contributed by atoms with E-state index in [0.29, 0.717) is 0 Å². The Labute approximate surface area is 92.5 Å². The molecular formula is C12H23NO2. The van der Waals surface area contributed by atoms with E-state index in [1.807, 2.05) is 13.8 Å². The molecule has 1 rings (SSSR count). The third-order valence-corrected chi connectivity index (χ3v) is 3.18. The van der Waals surface area contributed by atoms with Crippen molar-refractivity contribution in [2.24, 2.45) is 5.41 Å². The third-order valence-electron chi connectivity index (χ3n) is 3.18. The van der Waals surface area contributed by atoms with Crippen LogP contribution in [0.4, 0.5) is 0 Å². The Morgan fingerprint density at radius 3 is 2.40 bits per heavy atom. The predicted octanol–water partition coefficient (Wildman–Crippen LogP) is 2.36. The fourth-order valence-corrected chi connectivity index (χ4v) is 1.73. The molecule has 0 radical (unpaired) electrons. The normalized spacial score (nSPS) is 17.1. The SMILES string of the molecule is CCCN(CCC(C)(C)C(=O)O)C1CC1. The van der Waals surface area contributed by atoms with Crippen LogP contribution in [0.15, 0.2) is 0 Å².